The molecule has 0 amide bonds. The van der Waals surface area contributed by atoms with Gasteiger partial charge in [0.25, 0.3) is 0 Å². The number of hydrogen-bond acceptors (Lipinski definition) is 2. The van der Waals surface area contributed by atoms with E-state index < -0.39 is 0 Å². The molecule has 0 aliphatic carbocycles. The van der Waals surface area contributed by atoms with Crippen molar-refractivity contribution in [2.24, 2.45) is 0 Å². The number of anilines is 1. The first-order valence-corrected chi connectivity index (χ1v) is 7.27. The van der Waals surface area contributed by atoms with Gasteiger partial charge in [-0.25, -0.2) is 0 Å². The number of aryl methyl sites for hydroxylation is 1. The Morgan fingerprint density at radius 3 is 2.20 bits per heavy atom. The molecule has 0 unspecified atom stereocenters. The average molecular weight is 331 g/mol. The Balaban J connectivity index is 1.86. The van der Waals surface area contributed by atoms with Crippen LogP contribution in [0.4, 0.5) is 5.69 Å². The lowest BCUT2D eigenvalue weighted by molar-refractivity contribution is 0.333. The Bertz CT molecular complexity index is 561. The minimum atomic E-state index is 0.415. The fraction of sp³-hybridized carbons (Fsp3) is 0.200. The van der Waals surface area contributed by atoms with E-state index in [4.69, 9.17) is 39.5 Å². The second-order valence-corrected chi connectivity index (χ2v) is 5.59. The number of hydrogen-bond donors (Lipinski definition) is 1. The van der Waals surface area contributed by atoms with E-state index in [-0.39, 0.29) is 0 Å². The topological polar surface area (TPSA) is 21.3 Å². The van der Waals surface area contributed by atoms with Crippen LogP contribution in [0.1, 0.15) is 5.56 Å². The zero-order valence-corrected chi connectivity index (χ0v) is 13.2. The molecule has 0 spiro atoms. The monoisotopic (exact) mass is 329 g/mol. The first-order chi connectivity index (χ1) is 9.56. The Kier molecular flexibility index (Phi) is 5.41. The van der Waals surface area contributed by atoms with Crippen LogP contribution in [0.25, 0.3) is 0 Å². The molecule has 20 heavy (non-hydrogen) atoms. The Morgan fingerprint density at radius 1 is 1.00 bits per heavy atom. The molecule has 0 aliphatic rings. The van der Waals surface area contributed by atoms with E-state index in [1.807, 2.05) is 12.1 Å². The summed E-state index contributed by atoms with van der Waals surface area (Å²) in [5.41, 5.74) is 2.28. The fourth-order valence-corrected chi connectivity index (χ4v) is 2.61. The first kappa shape index (κ1) is 15.3. The Labute approximate surface area is 133 Å². The summed E-state index contributed by atoms with van der Waals surface area (Å²) in [5.74, 6) is 0.462. The molecule has 2 rings (SSSR count). The van der Waals surface area contributed by atoms with Crippen molar-refractivity contribution in [2.75, 3.05) is 18.5 Å². The smallest absolute Gasteiger partial charge is 0.156 e. The molecule has 0 aromatic heterocycles. The van der Waals surface area contributed by atoms with Gasteiger partial charge in [0.1, 0.15) is 6.61 Å². The summed E-state index contributed by atoms with van der Waals surface area (Å²) in [5, 5.41) is 4.58. The summed E-state index contributed by atoms with van der Waals surface area (Å²) in [6.07, 6.45) is 0. The Morgan fingerprint density at radius 2 is 1.60 bits per heavy atom. The van der Waals surface area contributed by atoms with E-state index in [1.54, 1.807) is 12.1 Å². The highest BCUT2D eigenvalue weighted by molar-refractivity contribution is 6.40. The molecule has 0 saturated heterocycles. The van der Waals surface area contributed by atoms with Gasteiger partial charge >= 0.3 is 0 Å². The molecule has 2 aromatic carbocycles. The molecule has 0 radical (unpaired) electrons. The molecule has 5 heteroatoms. The van der Waals surface area contributed by atoms with Crippen molar-refractivity contribution in [3.63, 3.8) is 0 Å². The normalized spacial score (nSPS) is 10.4. The first-order valence-electron chi connectivity index (χ1n) is 6.14. The van der Waals surface area contributed by atoms with Crippen LogP contribution in [0.3, 0.4) is 0 Å². The molecule has 0 fully saturated rings. The lowest BCUT2D eigenvalue weighted by atomic mass is 10.2. The van der Waals surface area contributed by atoms with Crippen molar-refractivity contribution in [1.29, 1.82) is 0 Å². The van der Waals surface area contributed by atoms with Crippen LogP contribution in [0.2, 0.25) is 15.1 Å². The van der Waals surface area contributed by atoms with Crippen molar-refractivity contribution in [2.45, 2.75) is 6.92 Å². The summed E-state index contributed by atoms with van der Waals surface area (Å²) < 4.78 is 5.58. The van der Waals surface area contributed by atoms with Crippen LogP contribution in [-0.4, -0.2) is 13.2 Å². The standard InChI is InChI=1S/C15H14Cl3NO/c1-10-2-4-12(5-3-10)19-6-7-20-15-13(17)8-11(16)9-14(15)18/h2-5,8-9,19H,6-7H2,1H3. The van der Waals surface area contributed by atoms with Crippen LogP contribution in [-0.2, 0) is 0 Å². The zero-order valence-electron chi connectivity index (χ0n) is 10.9. The number of halogens is 3. The SMILES string of the molecule is Cc1ccc(NCCOc2c(Cl)cc(Cl)cc2Cl)cc1. The summed E-state index contributed by atoms with van der Waals surface area (Å²) >= 11 is 17.9. The van der Waals surface area contributed by atoms with E-state index in [0.29, 0.717) is 34.0 Å². The third-order valence-electron chi connectivity index (χ3n) is 2.69. The van der Waals surface area contributed by atoms with Gasteiger partial charge in [0.15, 0.2) is 5.75 Å². The molecule has 0 bridgehead atoms. The highest BCUT2D eigenvalue weighted by Crippen LogP contribution is 2.35. The molecule has 1 N–H and O–H groups in total. The minimum Gasteiger partial charge on any atom is -0.489 e. The lowest BCUT2D eigenvalue weighted by Gasteiger charge is -2.11. The fourth-order valence-electron chi connectivity index (χ4n) is 1.69. The number of nitrogens with one attached hydrogen (secondary N) is 1. The quantitative estimate of drug-likeness (QED) is 0.736. The van der Waals surface area contributed by atoms with Gasteiger partial charge in [-0.15, -0.1) is 0 Å². The third-order valence-corrected chi connectivity index (χ3v) is 3.47. The van der Waals surface area contributed by atoms with Crippen molar-refractivity contribution in [1.82, 2.24) is 0 Å². The number of ether oxygens (including phenoxy) is 1. The predicted octanol–water partition coefficient (Wildman–Crippen LogP) is 5.45. The van der Waals surface area contributed by atoms with E-state index in [9.17, 15) is 0 Å². The maximum atomic E-state index is 6.03. The van der Waals surface area contributed by atoms with Crippen LogP contribution in [0, 0.1) is 6.92 Å². The summed E-state index contributed by atoms with van der Waals surface area (Å²) in [6.45, 7) is 3.16. The van der Waals surface area contributed by atoms with E-state index in [2.05, 4.69) is 24.4 Å². The van der Waals surface area contributed by atoms with Crippen LogP contribution < -0.4 is 10.1 Å². The van der Waals surface area contributed by atoms with Gasteiger partial charge in [0.05, 0.1) is 10.0 Å². The minimum absolute atomic E-state index is 0.415. The Hall–Kier alpha value is -1.09. The van der Waals surface area contributed by atoms with Gasteiger partial charge in [-0.3, -0.25) is 0 Å². The molecule has 2 aromatic rings. The van der Waals surface area contributed by atoms with Crippen LogP contribution >= 0.6 is 34.8 Å². The third kappa shape index (κ3) is 4.20. The van der Waals surface area contributed by atoms with Crippen LogP contribution in [0.15, 0.2) is 36.4 Å². The number of rotatable bonds is 5. The van der Waals surface area contributed by atoms with Crippen molar-refractivity contribution in [3.05, 3.63) is 57.0 Å². The van der Waals surface area contributed by atoms with Gasteiger partial charge in [-0.1, -0.05) is 52.5 Å². The second kappa shape index (κ2) is 7.07. The molecule has 0 saturated carbocycles. The molecule has 0 atom stereocenters. The second-order valence-electron chi connectivity index (χ2n) is 4.34. The average Bonchev–Trinajstić information content (AvgIpc) is 2.39. The summed E-state index contributed by atoms with van der Waals surface area (Å²) in [4.78, 5) is 0. The highest BCUT2D eigenvalue weighted by Gasteiger charge is 2.08. The predicted molar refractivity (Wildman–Crippen MR) is 86.6 cm³/mol. The molecular weight excluding hydrogens is 317 g/mol. The molecule has 2 nitrogen and oxygen atoms in total. The zero-order chi connectivity index (χ0) is 14.5. The van der Waals surface area contributed by atoms with Crippen molar-refractivity contribution >= 4 is 40.5 Å². The highest BCUT2D eigenvalue weighted by atomic mass is 35.5. The molecule has 106 valence electrons. The van der Waals surface area contributed by atoms with E-state index in [0.717, 1.165) is 5.69 Å². The van der Waals surface area contributed by atoms with E-state index in [1.165, 1.54) is 5.56 Å². The molecular formula is C15H14Cl3NO. The lowest BCUT2D eigenvalue weighted by Crippen LogP contribution is -2.11. The summed E-state index contributed by atoms with van der Waals surface area (Å²) in [6, 6.07) is 11.4. The largest absolute Gasteiger partial charge is 0.489 e. The molecule has 0 aliphatic heterocycles. The van der Waals surface area contributed by atoms with Gasteiger partial charge in [-0.2, -0.15) is 0 Å². The van der Waals surface area contributed by atoms with Gasteiger partial charge in [0, 0.05) is 17.3 Å². The maximum absolute atomic E-state index is 6.03. The van der Waals surface area contributed by atoms with Gasteiger partial charge in [-0.05, 0) is 31.2 Å². The maximum Gasteiger partial charge on any atom is 0.156 e. The summed E-state index contributed by atoms with van der Waals surface area (Å²) in [7, 11) is 0. The van der Waals surface area contributed by atoms with Crippen molar-refractivity contribution < 1.29 is 4.74 Å². The van der Waals surface area contributed by atoms with Crippen LogP contribution in [0.5, 0.6) is 5.75 Å². The van der Waals surface area contributed by atoms with Gasteiger partial charge < -0.3 is 10.1 Å². The number of benzene rings is 2. The van der Waals surface area contributed by atoms with Crippen molar-refractivity contribution in [3.8, 4) is 5.75 Å². The van der Waals surface area contributed by atoms with Gasteiger partial charge in [0.2, 0.25) is 0 Å². The van der Waals surface area contributed by atoms with E-state index >= 15 is 0 Å². The molecule has 0 heterocycles.